The number of hydrogen-bond acceptors (Lipinski definition) is 4. The van der Waals surface area contributed by atoms with Gasteiger partial charge < -0.3 is 4.90 Å². The zero-order valence-electron chi connectivity index (χ0n) is 10.7. The third-order valence-electron chi connectivity index (χ3n) is 3.19. The molecule has 0 unspecified atom stereocenters. The lowest BCUT2D eigenvalue weighted by Gasteiger charge is -2.14. The molecule has 0 atom stereocenters. The van der Waals surface area contributed by atoms with Crippen LogP contribution in [-0.2, 0) is 10.0 Å². The SMILES string of the molecule is N#Cc1cccc(S(=O)(=O)NCCN2CCCC2)c1. The first-order valence-electron chi connectivity index (χ1n) is 6.34. The monoisotopic (exact) mass is 279 g/mol. The van der Waals surface area contributed by atoms with Crippen LogP contribution in [0.5, 0.6) is 0 Å². The van der Waals surface area contributed by atoms with Gasteiger partial charge in [-0.3, -0.25) is 0 Å². The van der Waals surface area contributed by atoms with Crippen LogP contribution in [0, 0.1) is 11.3 Å². The zero-order valence-corrected chi connectivity index (χ0v) is 11.5. The van der Waals surface area contributed by atoms with Gasteiger partial charge in [0.15, 0.2) is 0 Å². The Balaban J connectivity index is 1.95. The summed E-state index contributed by atoms with van der Waals surface area (Å²) >= 11 is 0. The normalized spacial score (nSPS) is 16.4. The summed E-state index contributed by atoms with van der Waals surface area (Å²) in [5.74, 6) is 0. The van der Waals surface area contributed by atoms with E-state index in [-0.39, 0.29) is 4.90 Å². The molecule has 0 spiro atoms. The van der Waals surface area contributed by atoms with Crippen LogP contribution in [0.3, 0.4) is 0 Å². The predicted molar refractivity (Wildman–Crippen MR) is 72.0 cm³/mol. The Morgan fingerprint density at radius 3 is 2.74 bits per heavy atom. The van der Waals surface area contributed by atoms with E-state index in [0.29, 0.717) is 12.1 Å². The fraction of sp³-hybridized carbons (Fsp3) is 0.462. The second-order valence-electron chi connectivity index (χ2n) is 4.59. The van der Waals surface area contributed by atoms with Gasteiger partial charge in [0.1, 0.15) is 0 Å². The van der Waals surface area contributed by atoms with Crippen molar-refractivity contribution in [3.63, 3.8) is 0 Å². The quantitative estimate of drug-likeness (QED) is 0.870. The number of nitrogens with one attached hydrogen (secondary N) is 1. The van der Waals surface area contributed by atoms with Crippen LogP contribution in [0.15, 0.2) is 29.2 Å². The van der Waals surface area contributed by atoms with Crippen LogP contribution in [0.2, 0.25) is 0 Å². The first kappa shape index (κ1) is 14.0. The van der Waals surface area contributed by atoms with Crippen molar-refractivity contribution in [2.45, 2.75) is 17.7 Å². The molecule has 1 N–H and O–H groups in total. The third-order valence-corrected chi connectivity index (χ3v) is 4.65. The summed E-state index contributed by atoms with van der Waals surface area (Å²) in [5, 5.41) is 8.78. The average Bonchev–Trinajstić information content (AvgIpc) is 2.92. The summed E-state index contributed by atoms with van der Waals surface area (Å²) in [4.78, 5) is 2.39. The first-order valence-corrected chi connectivity index (χ1v) is 7.82. The molecule has 0 aliphatic carbocycles. The second-order valence-corrected chi connectivity index (χ2v) is 6.35. The van der Waals surface area contributed by atoms with Gasteiger partial charge >= 0.3 is 0 Å². The van der Waals surface area contributed by atoms with Crippen LogP contribution >= 0.6 is 0 Å². The molecule has 0 amide bonds. The smallest absolute Gasteiger partial charge is 0.240 e. The second kappa shape index (κ2) is 6.15. The number of rotatable bonds is 5. The van der Waals surface area contributed by atoms with Gasteiger partial charge in [-0.15, -0.1) is 0 Å². The highest BCUT2D eigenvalue weighted by atomic mass is 32.2. The summed E-state index contributed by atoms with van der Waals surface area (Å²) < 4.78 is 26.6. The van der Waals surface area contributed by atoms with Crippen molar-refractivity contribution >= 4 is 10.0 Å². The van der Waals surface area contributed by atoms with Crippen molar-refractivity contribution in [2.75, 3.05) is 26.2 Å². The summed E-state index contributed by atoms with van der Waals surface area (Å²) in [6, 6.07) is 7.99. The fourth-order valence-corrected chi connectivity index (χ4v) is 3.23. The number of likely N-dealkylation sites (tertiary alicyclic amines) is 1. The van der Waals surface area contributed by atoms with Gasteiger partial charge in [-0.2, -0.15) is 5.26 Å². The van der Waals surface area contributed by atoms with Gasteiger partial charge in [0, 0.05) is 13.1 Å². The molecule has 5 nitrogen and oxygen atoms in total. The predicted octanol–water partition coefficient (Wildman–Crippen LogP) is 0.932. The van der Waals surface area contributed by atoms with Gasteiger partial charge in [-0.05, 0) is 44.1 Å². The molecule has 102 valence electrons. The minimum atomic E-state index is -3.51. The molecule has 1 aromatic carbocycles. The Hall–Kier alpha value is -1.42. The molecule has 1 saturated heterocycles. The molecular formula is C13H17N3O2S. The summed E-state index contributed by atoms with van der Waals surface area (Å²) in [6.45, 7) is 3.23. The molecule has 0 radical (unpaired) electrons. The molecule has 1 aromatic rings. The lowest BCUT2D eigenvalue weighted by Crippen LogP contribution is -2.33. The maximum Gasteiger partial charge on any atom is 0.240 e. The van der Waals surface area contributed by atoms with Crippen LogP contribution < -0.4 is 4.72 Å². The Bertz CT molecular complexity index is 572. The Morgan fingerprint density at radius 1 is 1.32 bits per heavy atom. The lowest BCUT2D eigenvalue weighted by molar-refractivity contribution is 0.344. The topological polar surface area (TPSA) is 73.2 Å². The molecule has 0 bridgehead atoms. The first-order chi connectivity index (χ1) is 9.12. The minimum Gasteiger partial charge on any atom is -0.302 e. The molecule has 6 heteroatoms. The average molecular weight is 279 g/mol. The molecule has 1 aliphatic heterocycles. The van der Waals surface area contributed by atoms with Gasteiger partial charge in [0.25, 0.3) is 0 Å². The molecular weight excluding hydrogens is 262 g/mol. The molecule has 0 aromatic heterocycles. The van der Waals surface area contributed by atoms with E-state index in [4.69, 9.17) is 5.26 Å². The van der Waals surface area contributed by atoms with Crippen molar-refractivity contribution in [3.05, 3.63) is 29.8 Å². The molecule has 19 heavy (non-hydrogen) atoms. The highest BCUT2D eigenvalue weighted by molar-refractivity contribution is 7.89. The number of sulfonamides is 1. The van der Waals surface area contributed by atoms with E-state index in [1.54, 1.807) is 12.1 Å². The van der Waals surface area contributed by atoms with E-state index < -0.39 is 10.0 Å². The maximum absolute atomic E-state index is 12.0. The minimum absolute atomic E-state index is 0.146. The van der Waals surface area contributed by atoms with Crippen LogP contribution in [0.1, 0.15) is 18.4 Å². The fourth-order valence-electron chi connectivity index (χ4n) is 2.16. The number of nitriles is 1. The third kappa shape index (κ3) is 3.77. The Morgan fingerprint density at radius 2 is 2.05 bits per heavy atom. The van der Waals surface area contributed by atoms with Gasteiger partial charge in [-0.25, -0.2) is 13.1 Å². The van der Waals surface area contributed by atoms with Gasteiger partial charge in [0.05, 0.1) is 16.5 Å². The van der Waals surface area contributed by atoms with E-state index in [0.717, 1.165) is 19.6 Å². The zero-order chi connectivity index (χ0) is 13.7. The van der Waals surface area contributed by atoms with E-state index >= 15 is 0 Å². The van der Waals surface area contributed by atoms with Crippen LogP contribution in [0.25, 0.3) is 0 Å². The van der Waals surface area contributed by atoms with Gasteiger partial charge in [0.2, 0.25) is 10.0 Å². The van der Waals surface area contributed by atoms with Crippen molar-refractivity contribution < 1.29 is 8.42 Å². The lowest BCUT2D eigenvalue weighted by atomic mass is 10.2. The van der Waals surface area contributed by atoms with E-state index in [1.807, 2.05) is 6.07 Å². The van der Waals surface area contributed by atoms with E-state index in [2.05, 4.69) is 9.62 Å². The van der Waals surface area contributed by atoms with E-state index in [1.165, 1.54) is 25.0 Å². The molecule has 2 rings (SSSR count). The Kier molecular flexibility index (Phi) is 4.53. The van der Waals surface area contributed by atoms with E-state index in [9.17, 15) is 8.42 Å². The van der Waals surface area contributed by atoms with Crippen LogP contribution in [0.4, 0.5) is 0 Å². The van der Waals surface area contributed by atoms with Crippen molar-refractivity contribution in [1.82, 2.24) is 9.62 Å². The largest absolute Gasteiger partial charge is 0.302 e. The van der Waals surface area contributed by atoms with Crippen molar-refractivity contribution in [1.29, 1.82) is 5.26 Å². The standard InChI is InChI=1S/C13H17N3O2S/c14-11-12-4-3-5-13(10-12)19(17,18)15-6-9-16-7-1-2-8-16/h3-5,10,15H,1-2,6-9H2. The highest BCUT2D eigenvalue weighted by Gasteiger charge is 2.16. The summed E-state index contributed by atoms with van der Waals surface area (Å²) in [7, 11) is -3.51. The summed E-state index contributed by atoms with van der Waals surface area (Å²) in [5.41, 5.74) is 0.349. The van der Waals surface area contributed by atoms with Crippen LogP contribution in [-0.4, -0.2) is 39.5 Å². The summed E-state index contributed by atoms with van der Waals surface area (Å²) in [6.07, 6.45) is 2.38. The number of nitrogens with zero attached hydrogens (tertiary/aromatic N) is 2. The Labute approximate surface area is 113 Å². The molecule has 1 aliphatic rings. The molecule has 0 saturated carbocycles. The number of hydrogen-bond donors (Lipinski definition) is 1. The highest BCUT2D eigenvalue weighted by Crippen LogP contribution is 2.11. The van der Waals surface area contributed by atoms with Crippen molar-refractivity contribution in [3.8, 4) is 6.07 Å². The van der Waals surface area contributed by atoms with Gasteiger partial charge in [-0.1, -0.05) is 6.07 Å². The molecule has 1 heterocycles. The molecule has 1 fully saturated rings. The van der Waals surface area contributed by atoms with Crippen molar-refractivity contribution in [2.24, 2.45) is 0 Å². The maximum atomic E-state index is 12.0. The number of benzene rings is 1.